The summed E-state index contributed by atoms with van der Waals surface area (Å²) in [6.07, 6.45) is 0.411. The normalized spacial score (nSPS) is 12.4. The Labute approximate surface area is 164 Å². The predicted molar refractivity (Wildman–Crippen MR) is 112 cm³/mol. The summed E-state index contributed by atoms with van der Waals surface area (Å²) < 4.78 is 30.1. The number of ether oxygens (including phenoxy) is 1. The van der Waals surface area contributed by atoms with Crippen LogP contribution in [0.25, 0.3) is 10.8 Å². The highest BCUT2D eigenvalue weighted by atomic mass is 32.2. The molecule has 1 N–H and O–H groups in total. The number of hydrogen-bond acceptors (Lipinski definition) is 4. The molecule has 1 amide bonds. The number of anilines is 2. The number of benzene rings is 3. The molecule has 7 heteroatoms. The number of nitrogens with zero attached hydrogens (tertiary/aromatic N) is 1. The first-order chi connectivity index (χ1) is 13.3. The van der Waals surface area contributed by atoms with Crippen LogP contribution < -0.4 is 14.4 Å². The largest absolute Gasteiger partial charge is 0.481 e. The van der Waals surface area contributed by atoms with Gasteiger partial charge in [0, 0.05) is 18.1 Å². The van der Waals surface area contributed by atoms with Crippen LogP contribution in [0.2, 0.25) is 0 Å². The Kier molecular flexibility index (Phi) is 5.56. The zero-order chi connectivity index (χ0) is 20.3. The average molecular weight is 398 g/mol. The third kappa shape index (κ3) is 4.43. The van der Waals surface area contributed by atoms with Gasteiger partial charge in [0.2, 0.25) is 10.0 Å². The van der Waals surface area contributed by atoms with Gasteiger partial charge in [-0.25, -0.2) is 8.42 Å². The zero-order valence-electron chi connectivity index (χ0n) is 15.9. The Morgan fingerprint density at radius 2 is 1.64 bits per heavy atom. The molecule has 0 fully saturated rings. The molecule has 146 valence electrons. The highest BCUT2D eigenvalue weighted by molar-refractivity contribution is 7.92. The number of carbonyl (C=O) groups excluding carboxylic acids is 1. The van der Waals surface area contributed by atoms with Gasteiger partial charge >= 0.3 is 0 Å². The first kappa shape index (κ1) is 19.7. The lowest BCUT2D eigenvalue weighted by atomic mass is 10.1. The first-order valence-electron chi connectivity index (χ1n) is 8.75. The molecule has 3 aromatic carbocycles. The summed E-state index contributed by atoms with van der Waals surface area (Å²) in [6, 6.07) is 20.1. The summed E-state index contributed by atoms with van der Waals surface area (Å²) in [5.41, 5.74) is 1.24. The molecule has 0 saturated heterocycles. The molecule has 0 aliphatic heterocycles. The fraction of sp³-hybridized carbons (Fsp3) is 0.190. The van der Waals surface area contributed by atoms with Crippen LogP contribution in [0.1, 0.15) is 6.92 Å². The van der Waals surface area contributed by atoms with Gasteiger partial charge in [-0.3, -0.25) is 9.10 Å². The number of sulfonamides is 1. The molecule has 0 saturated carbocycles. The average Bonchev–Trinajstić information content (AvgIpc) is 2.67. The van der Waals surface area contributed by atoms with Gasteiger partial charge in [-0.2, -0.15) is 0 Å². The van der Waals surface area contributed by atoms with E-state index < -0.39 is 16.1 Å². The van der Waals surface area contributed by atoms with Crippen molar-refractivity contribution in [3.8, 4) is 5.75 Å². The monoisotopic (exact) mass is 398 g/mol. The number of nitrogens with one attached hydrogen (secondary N) is 1. The number of hydrogen-bond donors (Lipinski definition) is 1. The van der Waals surface area contributed by atoms with Crippen molar-refractivity contribution >= 4 is 38.1 Å². The Hall–Kier alpha value is -3.06. The van der Waals surface area contributed by atoms with Crippen molar-refractivity contribution in [3.05, 3.63) is 66.7 Å². The molecule has 0 radical (unpaired) electrons. The Morgan fingerprint density at radius 1 is 1.00 bits per heavy atom. The fourth-order valence-electron chi connectivity index (χ4n) is 2.75. The van der Waals surface area contributed by atoms with Crippen LogP contribution in [0, 0.1) is 0 Å². The lowest BCUT2D eigenvalue weighted by Gasteiger charge is -2.18. The van der Waals surface area contributed by atoms with E-state index in [0.717, 1.165) is 22.7 Å². The van der Waals surface area contributed by atoms with Crippen molar-refractivity contribution in [1.82, 2.24) is 0 Å². The molecule has 0 aromatic heterocycles. The highest BCUT2D eigenvalue weighted by Crippen LogP contribution is 2.24. The van der Waals surface area contributed by atoms with E-state index in [1.165, 1.54) is 11.4 Å². The van der Waals surface area contributed by atoms with Gasteiger partial charge in [-0.1, -0.05) is 36.4 Å². The van der Waals surface area contributed by atoms with E-state index in [1.54, 1.807) is 31.2 Å². The molecule has 0 aliphatic carbocycles. The van der Waals surface area contributed by atoms with Gasteiger partial charge in [0.05, 0.1) is 11.9 Å². The minimum atomic E-state index is -3.33. The van der Waals surface area contributed by atoms with Crippen LogP contribution >= 0.6 is 0 Å². The summed E-state index contributed by atoms with van der Waals surface area (Å²) in [4.78, 5) is 12.5. The van der Waals surface area contributed by atoms with E-state index >= 15 is 0 Å². The van der Waals surface area contributed by atoms with E-state index in [2.05, 4.69) is 5.32 Å². The van der Waals surface area contributed by atoms with Gasteiger partial charge in [0.15, 0.2) is 6.10 Å². The van der Waals surface area contributed by atoms with E-state index in [4.69, 9.17) is 4.74 Å². The van der Waals surface area contributed by atoms with Crippen LogP contribution in [0.15, 0.2) is 66.7 Å². The molecule has 0 bridgehead atoms. The molecule has 6 nitrogen and oxygen atoms in total. The number of rotatable bonds is 6. The molecule has 0 spiro atoms. The standard InChI is InChI=1S/C21H22N2O4S/c1-15(27-18-13-11-17(12-14-18)23(2)28(3,25)26)21(24)22-20-10-6-8-16-7-4-5-9-19(16)20/h4-15H,1-3H3,(H,22,24)/t15-/m0/s1. The number of amides is 1. The lowest BCUT2D eigenvalue weighted by molar-refractivity contribution is -0.122. The molecular weight excluding hydrogens is 376 g/mol. The summed E-state index contributed by atoms with van der Waals surface area (Å²) in [6.45, 7) is 1.66. The number of fused-ring (bicyclic) bond motifs is 1. The summed E-state index contributed by atoms with van der Waals surface area (Å²) in [5.74, 6) is 0.208. The Morgan fingerprint density at radius 3 is 2.32 bits per heavy atom. The van der Waals surface area contributed by atoms with Crippen molar-refractivity contribution in [2.75, 3.05) is 22.9 Å². The zero-order valence-corrected chi connectivity index (χ0v) is 16.7. The van der Waals surface area contributed by atoms with Crippen molar-refractivity contribution in [1.29, 1.82) is 0 Å². The third-order valence-electron chi connectivity index (χ3n) is 4.43. The maximum Gasteiger partial charge on any atom is 0.265 e. The van der Waals surface area contributed by atoms with E-state index in [9.17, 15) is 13.2 Å². The molecule has 1 atom stereocenters. The Bertz CT molecular complexity index is 1090. The van der Waals surface area contributed by atoms with Crippen molar-refractivity contribution in [3.63, 3.8) is 0 Å². The molecule has 28 heavy (non-hydrogen) atoms. The van der Waals surface area contributed by atoms with E-state index in [-0.39, 0.29) is 5.91 Å². The maximum absolute atomic E-state index is 12.5. The molecule has 0 aliphatic rings. The second-order valence-corrected chi connectivity index (χ2v) is 8.51. The summed E-state index contributed by atoms with van der Waals surface area (Å²) in [7, 11) is -1.85. The minimum absolute atomic E-state index is 0.270. The predicted octanol–water partition coefficient (Wildman–Crippen LogP) is 3.64. The van der Waals surface area contributed by atoms with Crippen molar-refractivity contribution < 1.29 is 17.9 Å². The lowest BCUT2D eigenvalue weighted by Crippen LogP contribution is -2.30. The van der Waals surface area contributed by atoms with E-state index in [1.807, 2.05) is 42.5 Å². The van der Waals surface area contributed by atoms with Gasteiger partial charge < -0.3 is 10.1 Å². The second kappa shape index (κ2) is 7.90. The topological polar surface area (TPSA) is 75.7 Å². The van der Waals surface area contributed by atoms with Crippen LogP contribution in [0.5, 0.6) is 5.75 Å². The third-order valence-corrected chi connectivity index (χ3v) is 5.63. The smallest absolute Gasteiger partial charge is 0.265 e. The molecule has 0 unspecified atom stereocenters. The van der Waals surface area contributed by atoms with Gasteiger partial charge in [0.25, 0.3) is 5.91 Å². The molecular formula is C21H22N2O4S. The van der Waals surface area contributed by atoms with Crippen LogP contribution in [0.4, 0.5) is 11.4 Å². The molecule has 0 heterocycles. The van der Waals surface area contributed by atoms with E-state index in [0.29, 0.717) is 11.4 Å². The van der Waals surface area contributed by atoms with Crippen LogP contribution in [-0.4, -0.2) is 33.7 Å². The summed E-state index contributed by atoms with van der Waals surface area (Å²) in [5, 5.41) is 4.90. The van der Waals surface area contributed by atoms with Crippen LogP contribution in [0.3, 0.4) is 0 Å². The first-order valence-corrected chi connectivity index (χ1v) is 10.6. The number of carbonyl (C=O) groups is 1. The second-order valence-electron chi connectivity index (χ2n) is 6.50. The van der Waals surface area contributed by atoms with Gasteiger partial charge in [0.1, 0.15) is 5.75 Å². The SMILES string of the molecule is C[C@H](Oc1ccc(N(C)S(C)(=O)=O)cc1)C(=O)Nc1cccc2ccccc12. The minimum Gasteiger partial charge on any atom is -0.481 e. The van der Waals surface area contributed by atoms with Crippen LogP contribution in [-0.2, 0) is 14.8 Å². The highest BCUT2D eigenvalue weighted by Gasteiger charge is 2.17. The maximum atomic E-state index is 12.5. The molecule has 3 aromatic rings. The van der Waals surface area contributed by atoms with Crippen molar-refractivity contribution in [2.24, 2.45) is 0 Å². The molecule has 3 rings (SSSR count). The van der Waals surface area contributed by atoms with Gasteiger partial charge in [-0.15, -0.1) is 0 Å². The Balaban J connectivity index is 1.69. The van der Waals surface area contributed by atoms with Gasteiger partial charge in [-0.05, 0) is 42.6 Å². The summed E-state index contributed by atoms with van der Waals surface area (Å²) >= 11 is 0. The fourth-order valence-corrected chi connectivity index (χ4v) is 3.26. The quantitative estimate of drug-likeness (QED) is 0.688. The van der Waals surface area contributed by atoms with Crippen molar-refractivity contribution in [2.45, 2.75) is 13.0 Å².